The van der Waals surface area contributed by atoms with Crippen LogP contribution in [0.3, 0.4) is 0 Å². The van der Waals surface area contributed by atoms with Crippen molar-refractivity contribution >= 4 is 12.1 Å². The summed E-state index contributed by atoms with van der Waals surface area (Å²) in [6.45, 7) is 4.68. The first-order chi connectivity index (χ1) is 15.0. The van der Waals surface area contributed by atoms with Gasteiger partial charge in [0, 0.05) is 12.4 Å². The summed E-state index contributed by atoms with van der Waals surface area (Å²) in [5.41, 5.74) is 0.759. The molecule has 0 aliphatic rings. The number of aryl methyl sites for hydroxylation is 1. The molecular formula is C23H30N2O6. The number of carboxylic acids is 1. The number of nitrogens with zero attached hydrogens (tertiary/aromatic N) is 2. The molecule has 168 valence electrons. The maximum absolute atomic E-state index is 12.1. The zero-order chi connectivity index (χ0) is 22.5. The number of unbranched alkanes of at least 4 members (excludes halogenated alkanes) is 5. The van der Waals surface area contributed by atoms with Gasteiger partial charge in [-0.2, -0.15) is 0 Å². The van der Waals surface area contributed by atoms with Crippen LogP contribution in [-0.4, -0.2) is 33.8 Å². The van der Waals surface area contributed by atoms with Gasteiger partial charge in [0.2, 0.25) is 0 Å². The first-order valence-corrected chi connectivity index (χ1v) is 10.7. The summed E-state index contributed by atoms with van der Waals surface area (Å²) in [5, 5.41) is 9.40. The average Bonchev–Trinajstić information content (AvgIpc) is 2.75. The van der Waals surface area contributed by atoms with Gasteiger partial charge in [0.15, 0.2) is 0 Å². The van der Waals surface area contributed by atoms with Gasteiger partial charge in [-0.15, -0.1) is 0 Å². The molecule has 0 spiro atoms. The molecule has 1 heterocycles. The van der Waals surface area contributed by atoms with Crippen molar-refractivity contribution in [3.8, 4) is 17.5 Å². The van der Waals surface area contributed by atoms with E-state index in [1.807, 2.05) is 6.92 Å². The molecule has 1 aromatic carbocycles. The molecule has 0 aliphatic carbocycles. The van der Waals surface area contributed by atoms with E-state index in [0.29, 0.717) is 12.4 Å². The third-order valence-corrected chi connectivity index (χ3v) is 4.57. The topological polar surface area (TPSA) is 108 Å². The van der Waals surface area contributed by atoms with Crippen molar-refractivity contribution < 1.29 is 28.9 Å². The Morgan fingerprint density at radius 1 is 0.935 bits per heavy atom. The number of aromatic carboxylic acids is 1. The lowest BCUT2D eigenvalue weighted by Crippen LogP contribution is -2.17. The van der Waals surface area contributed by atoms with Gasteiger partial charge >= 0.3 is 18.1 Å². The Labute approximate surface area is 182 Å². The van der Waals surface area contributed by atoms with Crippen LogP contribution in [0.2, 0.25) is 0 Å². The quantitative estimate of drug-likeness (QED) is 0.254. The third-order valence-electron chi connectivity index (χ3n) is 4.57. The number of carbonyl (C=O) groups is 2. The van der Waals surface area contributed by atoms with E-state index in [2.05, 4.69) is 16.9 Å². The van der Waals surface area contributed by atoms with Crippen LogP contribution in [0.25, 0.3) is 0 Å². The Balaban J connectivity index is 1.90. The first-order valence-electron chi connectivity index (χ1n) is 10.7. The second-order valence-corrected chi connectivity index (χ2v) is 7.16. The van der Waals surface area contributed by atoms with Crippen molar-refractivity contribution in [2.24, 2.45) is 0 Å². The van der Waals surface area contributed by atoms with Crippen LogP contribution in [-0.2, 0) is 6.42 Å². The Morgan fingerprint density at radius 3 is 2.32 bits per heavy atom. The minimum Gasteiger partial charge on any atom is -0.494 e. The van der Waals surface area contributed by atoms with E-state index in [-0.39, 0.29) is 17.3 Å². The highest BCUT2D eigenvalue weighted by Crippen LogP contribution is 2.25. The second kappa shape index (κ2) is 13.2. The van der Waals surface area contributed by atoms with E-state index < -0.39 is 12.1 Å². The summed E-state index contributed by atoms with van der Waals surface area (Å²) in [5.74, 6) is -1.01. The van der Waals surface area contributed by atoms with Crippen molar-refractivity contribution in [3.05, 3.63) is 41.7 Å². The van der Waals surface area contributed by atoms with Crippen molar-refractivity contribution in [1.29, 1.82) is 0 Å². The highest BCUT2D eigenvalue weighted by Gasteiger charge is 2.18. The monoisotopic (exact) mass is 430 g/mol. The Kier molecular flexibility index (Phi) is 10.3. The maximum Gasteiger partial charge on any atom is 0.521 e. The SMILES string of the molecule is CCCCCCCc1cnc(OC(=O)Oc2ccc(OCCCC)cc2C(=O)O)nc1. The lowest BCUT2D eigenvalue weighted by atomic mass is 10.1. The van der Waals surface area contributed by atoms with E-state index in [4.69, 9.17) is 14.2 Å². The van der Waals surface area contributed by atoms with Crippen molar-refractivity contribution in [3.63, 3.8) is 0 Å². The molecule has 1 N–H and O–H groups in total. The van der Waals surface area contributed by atoms with Crippen LogP contribution in [0.4, 0.5) is 4.79 Å². The number of aromatic nitrogens is 2. The van der Waals surface area contributed by atoms with Crippen LogP contribution >= 0.6 is 0 Å². The molecule has 0 saturated heterocycles. The molecule has 0 aliphatic heterocycles. The van der Waals surface area contributed by atoms with Gasteiger partial charge in [-0.05, 0) is 43.0 Å². The number of hydrogen-bond donors (Lipinski definition) is 1. The van der Waals surface area contributed by atoms with Gasteiger partial charge in [0.25, 0.3) is 0 Å². The summed E-state index contributed by atoms with van der Waals surface area (Å²) in [7, 11) is 0. The van der Waals surface area contributed by atoms with Crippen molar-refractivity contribution in [2.45, 2.75) is 65.2 Å². The van der Waals surface area contributed by atoms with Crippen LogP contribution in [0.15, 0.2) is 30.6 Å². The van der Waals surface area contributed by atoms with Crippen LogP contribution < -0.4 is 14.2 Å². The van der Waals surface area contributed by atoms with Gasteiger partial charge in [-0.3, -0.25) is 0 Å². The van der Waals surface area contributed by atoms with E-state index in [1.54, 1.807) is 12.4 Å². The van der Waals surface area contributed by atoms with Crippen LogP contribution in [0.1, 0.15) is 74.7 Å². The van der Waals surface area contributed by atoms with E-state index in [1.165, 1.54) is 37.5 Å². The first kappa shape index (κ1) is 24.1. The standard InChI is InChI=1S/C23H30N2O6/c1-3-5-7-8-9-10-17-15-24-22(25-16-17)31-23(28)30-20-12-11-18(29-13-6-4-2)14-19(20)21(26)27/h11-12,14-16H,3-10,13H2,1-2H3,(H,26,27). The van der Waals surface area contributed by atoms with Crippen molar-refractivity contribution in [1.82, 2.24) is 9.97 Å². The molecular weight excluding hydrogens is 400 g/mol. The highest BCUT2D eigenvalue weighted by atomic mass is 16.7. The zero-order valence-corrected chi connectivity index (χ0v) is 18.1. The number of carboxylic acid groups (broad SMARTS) is 1. The van der Waals surface area contributed by atoms with Gasteiger partial charge < -0.3 is 19.3 Å². The molecule has 31 heavy (non-hydrogen) atoms. The molecule has 8 nitrogen and oxygen atoms in total. The molecule has 0 fully saturated rings. The minimum absolute atomic E-state index is 0.149. The smallest absolute Gasteiger partial charge is 0.494 e. The predicted molar refractivity (Wildman–Crippen MR) is 115 cm³/mol. The van der Waals surface area contributed by atoms with Gasteiger partial charge in [0.05, 0.1) is 6.61 Å². The van der Waals surface area contributed by atoms with Gasteiger partial charge in [0.1, 0.15) is 17.1 Å². The van der Waals surface area contributed by atoms with Gasteiger partial charge in [-0.25, -0.2) is 19.6 Å². The molecule has 0 radical (unpaired) electrons. The average molecular weight is 431 g/mol. The fourth-order valence-electron chi connectivity index (χ4n) is 2.83. The molecule has 0 saturated carbocycles. The predicted octanol–water partition coefficient (Wildman–Crippen LogP) is 5.44. The third kappa shape index (κ3) is 8.62. The molecule has 1 aromatic heterocycles. The largest absolute Gasteiger partial charge is 0.521 e. The molecule has 0 bridgehead atoms. The molecule has 0 unspecified atom stereocenters. The van der Waals surface area contributed by atoms with Crippen LogP contribution in [0, 0.1) is 0 Å². The zero-order valence-electron chi connectivity index (χ0n) is 18.1. The molecule has 0 amide bonds. The Hall–Kier alpha value is -3.16. The second-order valence-electron chi connectivity index (χ2n) is 7.16. The minimum atomic E-state index is -1.25. The summed E-state index contributed by atoms with van der Waals surface area (Å²) >= 11 is 0. The fourth-order valence-corrected chi connectivity index (χ4v) is 2.83. The summed E-state index contributed by atoms with van der Waals surface area (Å²) in [4.78, 5) is 31.6. The summed E-state index contributed by atoms with van der Waals surface area (Å²) in [6.07, 6.45) is 10.7. The van der Waals surface area contributed by atoms with E-state index in [9.17, 15) is 14.7 Å². The van der Waals surface area contributed by atoms with E-state index >= 15 is 0 Å². The lowest BCUT2D eigenvalue weighted by Gasteiger charge is -2.10. The maximum atomic E-state index is 12.1. The number of ether oxygens (including phenoxy) is 3. The van der Waals surface area contributed by atoms with E-state index in [0.717, 1.165) is 37.7 Å². The lowest BCUT2D eigenvalue weighted by molar-refractivity contribution is 0.0692. The molecule has 2 rings (SSSR count). The number of carbonyl (C=O) groups excluding carboxylic acids is 1. The molecule has 2 aromatic rings. The Morgan fingerprint density at radius 2 is 1.65 bits per heavy atom. The highest BCUT2D eigenvalue weighted by molar-refractivity contribution is 5.92. The number of benzene rings is 1. The van der Waals surface area contributed by atoms with Crippen LogP contribution in [0.5, 0.6) is 17.5 Å². The Bertz CT molecular complexity index is 838. The number of hydrogen-bond acceptors (Lipinski definition) is 7. The van der Waals surface area contributed by atoms with Gasteiger partial charge in [-0.1, -0.05) is 46.0 Å². The normalized spacial score (nSPS) is 10.5. The summed E-state index contributed by atoms with van der Waals surface area (Å²) in [6, 6.07) is 4.05. The molecule has 0 atom stereocenters. The fraction of sp³-hybridized carbons (Fsp3) is 0.478. The van der Waals surface area contributed by atoms with Crippen molar-refractivity contribution in [2.75, 3.05) is 6.61 Å². The summed E-state index contributed by atoms with van der Waals surface area (Å²) < 4.78 is 15.5. The molecule has 8 heteroatoms. The number of rotatable bonds is 13.